The molecule has 2 N–H and O–H groups in total. The second-order valence-electron chi connectivity index (χ2n) is 5.01. The number of hydrogen-bond acceptors (Lipinski definition) is 2. The largest absolute Gasteiger partial charge is 0.496 e. The van der Waals surface area contributed by atoms with Crippen LogP contribution in [0.5, 0.6) is 5.75 Å². The van der Waals surface area contributed by atoms with Gasteiger partial charge in [-0.3, -0.25) is 4.99 Å². The third-order valence-electron chi connectivity index (χ3n) is 3.51. The molecule has 0 spiro atoms. The lowest BCUT2D eigenvalue weighted by atomic mass is 10.1. The Bertz CT molecular complexity index is 658. The number of hydrogen-bond donors (Lipinski definition) is 2. The molecule has 2 aromatic carbocycles. The molecule has 0 saturated heterocycles. The second-order valence-corrected chi connectivity index (χ2v) is 5.41. The molecule has 122 valence electrons. The molecule has 4 nitrogen and oxygen atoms in total. The van der Waals surface area contributed by atoms with Crippen LogP contribution in [0.3, 0.4) is 0 Å². The summed E-state index contributed by atoms with van der Waals surface area (Å²) >= 11 is 6.15. The number of ether oxygens (including phenoxy) is 1. The van der Waals surface area contributed by atoms with Crippen LogP contribution in [0, 0.1) is 0 Å². The minimum absolute atomic E-state index is 0.633. The van der Waals surface area contributed by atoms with Crippen molar-refractivity contribution in [3.63, 3.8) is 0 Å². The lowest BCUT2D eigenvalue weighted by molar-refractivity contribution is 0.409. The highest BCUT2D eigenvalue weighted by molar-refractivity contribution is 6.31. The highest BCUT2D eigenvalue weighted by Crippen LogP contribution is 2.17. The third-order valence-corrected chi connectivity index (χ3v) is 3.88. The van der Waals surface area contributed by atoms with Gasteiger partial charge in [0.05, 0.1) is 7.11 Å². The first-order chi connectivity index (χ1) is 11.2. The van der Waals surface area contributed by atoms with E-state index in [0.717, 1.165) is 35.3 Å². The molecule has 0 aliphatic rings. The van der Waals surface area contributed by atoms with E-state index in [1.54, 1.807) is 14.2 Å². The zero-order valence-electron chi connectivity index (χ0n) is 13.5. The molecule has 0 bridgehead atoms. The van der Waals surface area contributed by atoms with Crippen LogP contribution in [0.4, 0.5) is 0 Å². The molecule has 0 radical (unpaired) electrons. The van der Waals surface area contributed by atoms with E-state index in [0.29, 0.717) is 6.54 Å². The van der Waals surface area contributed by atoms with Crippen molar-refractivity contribution in [1.82, 2.24) is 10.6 Å². The van der Waals surface area contributed by atoms with Crippen LogP contribution in [-0.2, 0) is 13.0 Å². The number of benzene rings is 2. The molecule has 2 aromatic rings. The molecule has 0 fully saturated rings. The molecule has 0 aromatic heterocycles. The van der Waals surface area contributed by atoms with Gasteiger partial charge in [-0.1, -0.05) is 48.0 Å². The van der Waals surface area contributed by atoms with Gasteiger partial charge in [0.2, 0.25) is 0 Å². The van der Waals surface area contributed by atoms with Gasteiger partial charge in [-0.05, 0) is 29.7 Å². The van der Waals surface area contributed by atoms with Crippen LogP contribution >= 0.6 is 11.6 Å². The number of guanidine groups is 1. The fraction of sp³-hybridized carbons (Fsp3) is 0.278. The Kier molecular flexibility index (Phi) is 6.76. The average molecular weight is 332 g/mol. The maximum absolute atomic E-state index is 6.15. The molecule has 0 amide bonds. The monoisotopic (exact) mass is 331 g/mol. The van der Waals surface area contributed by atoms with Crippen LogP contribution in [0.15, 0.2) is 53.5 Å². The van der Waals surface area contributed by atoms with Crippen molar-refractivity contribution in [3.8, 4) is 5.75 Å². The van der Waals surface area contributed by atoms with Crippen molar-refractivity contribution < 1.29 is 4.74 Å². The first kappa shape index (κ1) is 17.2. The van der Waals surface area contributed by atoms with Crippen molar-refractivity contribution in [2.24, 2.45) is 4.99 Å². The number of para-hydroxylation sites is 1. The minimum atomic E-state index is 0.633. The SMILES string of the molecule is CN=C(NCCc1ccccc1OC)NCc1ccccc1Cl. The minimum Gasteiger partial charge on any atom is -0.496 e. The van der Waals surface area contributed by atoms with E-state index >= 15 is 0 Å². The van der Waals surface area contributed by atoms with Gasteiger partial charge in [-0.2, -0.15) is 0 Å². The molecule has 0 aliphatic heterocycles. The summed E-state index contributed by atoms with van der Waals surface area (Å²) in [5.74, 6) is 1.66. The van der Waals surface area contributed by atoms with E-state index in [2.05, 4.69) is 21.7 Å². The lowest BCUT2D eigenvalue weighted by Crippen LogP contribution is -2.37. The van der Waals surface area contributed by atoms with Gasteiger partial charge in [-0.25, -0.2) is 0 Å². The summed E-state index contributed by atoms with van der Waals surface area (Å²) in [5.41, 5.74) is 2.21. The van der Waals surface area contributed by atoms with Gasteiger partial charge >= 0.3 is 0 Å². The van der Waals surface area contributed by atoms with E-state index in [1.165, 1.54) is 5.56 Å². The normalized spacial score (nSPS) is 11.2. The number of nitrogens with one attached hydrogen (secondary N) is 2. The van der Waals surface area contributed by atoms with Crippen LogP contribution < -0.4 is 15.4 Å². The number of halogens is 1. The van der Waals surface area contributed by atoms with E-state index in [9.17, 15) is 0 Å². The van der Waals surface area contributed by atoms with Crippen molar-refractivity contribution in [3.05, 3.63) is 64.7 Å². The Balaban J connectivity index is 1.83. The Morgan fingerprint density at radius 1 is 1.04 bits per heavy atom. The number of aliphatic imine (C=N–C) groups is 1. The predicted molar refractivity (Wildman–Crippen MR) is 96.4 cm³/mol. The predicted octanol–water partition coefficient (Wildman–Crippen LogP) is 3.26. The molecule has 0 saturated carbocycles. The fourth-order valence-corrected chi connectivity index (χ4v) is 2.47. The Morgan fingerprint density at radius 3 is 2.43 bits per heavy atom. The zero-order chi connectivity index (χ0) is 16.5. The lowest BCUT2D eigenvalue weighted by Gasteiger charge is -2.13. The van der Waals surface area contributed by atoms with Crippen molar-refractivity contribution in [2.75, 3.05) is 20.7 Å². The number of rotatable bonds is 6. The Labute approximate surface area is 142 Å². The van der Waals surface area contributed by atoms with Crippen molar-refractivity contribution in [2.45, 2.75) is 13.0 Å². The Morgan fingerprint density at radius 2 is 1.74 bits per heavy atom. The zero-order valence-corrected chi connectivity index (χ0v) is 14.2. The standard InChI is InChI=1S/C18H22ClN3O/c1-20-18(22-13-15-8-3-5-9-16(15)19)21-12-11-14-7-4-6-10-17(14)23-2/h3-10H,11-13H2,1-2H3,(H2,20,21,22). The van der Waals surface area contributed by atoms with Crippen LogP contribution in [0.25, 0.3) is 0 Å². The van der Waals surface area contributed by atoms with Gasteiger partial charge in [0, 0.05) is 25.2 Å². The summed E-state index contributed by atoms with van der Waals surface area (Å²) in [4.78, 5) is 4.23. The second kappa shape index (κ2) is 9.06. The van der Waals surface area contributed by atoms with Crippen LogP contribution in [0.2, 0.25) is 5.02 Å². The topological polar surface area (TPSA) is 45.7 Å². The molecule has 23 heavy (non-hydrogen) atoms. The third kappa shape index (κ3) is 5.18. The molecule has 0 aliphatic carbocycles. The van der Waals surface area contributed by atoms with Crippen molar-refractivity contribution >= 4 is 17.6 Å². The molecular weight excluding hydrogens is 310 g/mol. The highest BCUT2D eigenvalue weighted by Gasteiger charge is 2.04. The van der Waals surface area contributed by atoms with Crippen LogP contribution in [-0.4, -0.2) is 26.7 Å². The van der Waals surface area contributed by atoms with E-state index in [-0.39, 0.29) is 0 Å². The molecular formula is C18H22ClN3O. The van der Waals surface area contributed by atoms with Gasteiger partial charge < -0.3 is 15.4 Å². The summed E-state index contributed by atoms with van der Waals surface area (Å²) in [6.07, 6.45) is 0.858. The molecule has 0 unspecified atom stereocenters. The summed E-state index contributed by atoms with van der Waals surface area (Å²) in [7, 11) is 3.45. The van der Waals surface area contributed by atoms with Gasteiger partial charge in [0.25, 0.3) is 0 Å². The summed E-state index contributed by atoms with van der Waals surface area (Å²) in [6.45, 7) is 1.40. The van der Waals surface area contributed by atoms with Crippen molar-refractivity contribution in [1.29, 1.82) is 0 Å². The first-order valence-corrected chi connectivity index (χ1v) is 7.92. The maximum atomic E-state index is 6.15. The first-order valence-electron chi connectivity index (χ1n) is 7.54. The highest BCUT2D eigenvalue weighted by atomic mass is 35.5. The Hall–Kier alpha value is -2.20. The molecule has 2 rings (SSSR count). The van der Waals surface area contributed by atoms with Gasteiger partial charge in [0.15, 0.2) is 5.96 Å². The van der Waals surface area contributed by atoms with E-state index in [1.807, 2.05) is 42.5 Å². The quantitative estimate of drug-likeness (QED) is 0.631. The summed E-state index contributed by atoms with van der Waals surface area (Å²) < 4.78 is 5.36. The average Bonchev–Trinajstić information content (AvgIpc) is 2.59. The fourth-order valence-electron chi connectivity index (χ4n) is 2.27. The maximum Gasteiger partial charge on any atom is 0.191 e. The van der Waals surface area contributed by atoms with Crippen LogP contribution in [0.1, 0.15) is 11.1 Å². The smallest absolute Gasteiger partial charge is 0.191 e. The molecule has 0 heterocycles. The summed E-state index contributed by atoms with van der Waals surface area (Å²) in [6, 6.07) is 15.8. The summed E-state index contributed by atoms with van der Waals surface area (Å²) in [5, 5.41) is 7.32. The number of nitrogens with zero attached hydrogens (tertiary/aromatic N) is 1. The van der Waals surface area contributed by atoms with Gasteiger partial charge in [-0.15, -0.1) is 0 Å². The van der Waals surface area contributed by atoms with E-state index in [4.69, 9.17) is 16.3 Å². The van der Waals surface area contributed by atoms with Gasteiger partial charge in [0.1, 0.15) is 5.75 Å². The molecule has 5 heteroatoms. The molecule has 0 atom stereocenters. The van der Waals surface area contributed by atoms with E-state index < -0.39 is 0 Å². The number of methoxy groups -OCH3 is 1.